The number of anilines is 3. The third-order valence-electron chi connectivity index (χ3n) is 4.55. The Balaban J connectivity index is 1.66. The maximum Gasteiger partial charge on any atom is 0.255 e. The predicted molar refractivity (Wildman–Crippen MR) is 115 cm³/mol. The zero-order valence-corrected chi connectivity index (χ0v) is 16.6. The number of pyridine rings is 1. The Hall–Kier alpha value is -3.34. The van der Waals surface area contributed by atoms with Gasteiger partial charge in [-0.3, -0.25) is 4.79 Å². The summed E-state index contributed by atoms with van der Waals surface area (Å²) in [6.45, 7) is 3.22. The number of carbonyl (C=O) groups is 1. The third kappa shape index (κ3) is 4.88. The Morgan fingerprint density at radius 1 is 0.964 bits per heavy atom. The number of aromatic nitrogens is 1. The minimum Gasteiger partial charge on any atom is -0.378 e. The Bertz CT molecular complexity index is 890. The van der Waals surface area contributed by atoms with Crippen molar-refractivity contribution in [3.63, 3.8) is 0 Å². The lowest BCUT2D eigenvalue weighted by Gasteiger charge is -2.21. The summed E-state index contributed by atoms with van der Waals surface area (Å²) in [7, 11) is 4.02. The molecule has 144 valence electrons. The fourth-order valence-corrected chi connectivity index (χ4v) is 2.90. The van der Waals surface area contributed by atoms with Gasteiger partial charge in [0.05, 0.1) is 5.56 Å². The molecule has 0 saturated heterocycles. The van der Waals surface area contributed by atoms with Gasteiger partial charge in [-0.1, -0.05) is 30.3 Å². The molecule has 5 nitrogen and oxygen atoms in total. The second-order valence-electron chi connectivity index (χ2n) is 6.80. The van der Waals surface area contributed by atoms with Crippen LogP contribution in [0.2, 0.25) is 0 Å². The summed E-state index contributed by atoms with van der Waals surface area (Å²) in [5.41, 5.74) is 3.80. The molecule has 0 aliphatic rings. The Morgan fingerprint density at radius 3 is 2.25 bits per heavy atom. The van der Waals surface area contributed by atoms with Crippen LogP contribution in [-0.2, 0) is 6.54 Å². The van der Waals surface area contributed by atoms with Gasteiger partial charge < -0.3 is 15.1 Å². The van der Waals surface area contributed by atoms with Crippen LogP contribution in [0.15, 0.2) is 72.9 Å². The van der Waals surface area contributed by atoms with Crippen LogP contribution in [0.4, 0.5) is 17.2 Å². The van der Waals surface area contributed by atoms with E-state index in [0.29, 0.717) is 24.5 Å². The van der Waals surface area contributed by atoms with Crippen molar-refractivity contribution < 1.29 is 4.79 Å². The number of nitrogens with one attached hydrogen (secondary N) is 1. The minimum absolute atomic E-state index is 0.0132. The number of rotatable bonds is 7. The normalized spacial score (nSPS) is 10.4. The number of hydrogen-bond acceptors (Lipinski definition) is 4. The highest BCUT2D eigenvalue weighted by Crippen LogP contribution is 2.19. The molecule has 0 spiro atoms. The van der Waals surface area contributed by atoms with Crippen molar-refractivity contribution in [2.75, 3.05) is 30.9 Å². The predicted octanol–water partition coefficient (Wildman–Crippen LogP) is 4.55. The number of hydrogen-bond donors (Lipinski definition) is 1. The van der Waals surface area contributed by atoms with Gasteiger partial charge in [-0.25, -0.2) is 4.98 Å². The summed E-state index contributed by atoms with van der Waals surface area (Å²) >= 11 is 0. The second-order valence-corrected chi connectivity index (χ2v) is 6.80. The molecule has 0 fully saturated rings. The van der Waals surface area contributed by atoms with Gasteiger partial charge in [0.15, 0.2) is 0 Å². The monoisotopic (exact) mass is 374 g/mol. The van der Waals surface area contributed by atoms with Gasteiger partial charge in [-0.15, -0.1) is 0 Å². The third-order valence-corrected chi connectivity index (χ3v) is 4.55. The fraction of sp³-hybridized carbons (Fsp3) is 0.217. The molecular formula is C23H26N4O. The summed E-state index contributed by atoms with van der Waals surface area (Å²) < 4.78 is 0. The molecule has 3 aromatic rings. The standard InChI is InChI=1S/C23H26N4O/c1-4-27(17-18-8-6-5-7-9-18)23(28)19-10-15-22(24-16-19)25-20-11-13-21(14-12-20)26(2)3/h5-16H,4,17H2,1-3H3,(H,24,25). The van der Waals surface area contributed by atoms with Crippen LogP contribution in [0.1, 0.15) is 22.8 Å². The van der Waals surface area contributed by atoms with Gasteiger partial charge in [0.2, 0.25) is 0 Å². The smallest absolute Gasteiger partial charge is 0.255 e. The first kappa shape index (κ1) is 19.4. The van der Waals surface area contributed by atoms with Crippen molar-refractivity contribution in [3.8, 4) is 0 Å². The molecule has 1 heterocycles. The maximum absolute atomic E-state index is 12.8. The van der Waals surface area contributed by atoms with E-state index < -0.39 is 0 Å². The van der Waals surface area contributed by atoms with Crippen LogP contribution in [0, 0.1) is 0 Å². The van der Waals surface area contributed by atoms with Gasteiger partial charge in [-0.2, -0.15) is 0 Å². The molecule has 0 unspecified atom stereocenters. The minimum atomic E-state index is -0.0132. The molecular weight excluding hydrogens is 348 g/mol. The zero-order valence-electron chi connectivity index (χ0n) is 16.6. The van der Waals surface area contributed by atoms with Gasteiger partial charge >= 0.3 is 0 Å². The van der Waals surface area contributed by atoms with Crippen molar-refractivity contribution >= 4 is 23.1 Å². The van der Waals surface area contributed by atoms with E-state index in [1.165, 1.54) is 0 Å². The lowest BCUT2D eigenvalue weighted by Crippen LogP contribution is -2.30. The summed E-state index contributed by atoms with van der Waals surface area (Å²) in [6, 6.07) is 21.8. The average Bonchev–Trinajstić information content (AvgIpc) is 2.73. The van der Waals surface area contributed by atoms with Crippen LogP contribution in [0.25, 0.3) is 0 Å². The number of carbonyl (C=O) groups excluding carboxylic acids is 1. The topological polar surface area (TPSA) is 48.5 Å². The number of nitrogens with zero attached hydrogens (tertiary/aromatic N) is 3. The highest BCUT2D eigenvalue weighted by Gasteiger charge is 2.15. The van der Waals surface area contributed by atoms with E-state index in [1.54, 1.807) is 6.20 Å². The molecule has 0 atom stereocenters. The zero-order chi connectivity index (χ0) is 19.9. The van der Waals surface area contributed by atoms with Gasteiger partial charge in [-0.05, 0) is 48.9 Å². The second kappa shape index (κ2) is 9.04. The summed E-state index contributed by atoms with van der Waals surface area (Å²) in [4.78, 5) is 21.1. The molecule has 1 amide bonds. The number of amides is 1. The molecule has 0 aliphatic carbocycles. The van der Waals surface area contributed by atoms with Crippen LogP contribution in [-0.4, -0.2) is 36.4 Å². The van der Waals surface area contributed by atoms with Gasteiger partial charge in [0.25, 0.3) is 5.91 Å². The van der Waals surface area contributed by atoms with Crippen molar-refractivity contribution in [2.24, 2.45) is 0 Å². The summed E-state index contributed by atoms with van der Waals surface area (Å²) in [5.74, 6) is 0.695. The van der Waals surface area contributed by atoms with Crippen molar-refractivity contribution in [1.29, 1.82) is 0 Å². The molecule has 28 heavy (non-hydrogen) atoms. The van der Waals surface area contributed by atoms with E-state index >= 15 is 0 Å². The maximum atomic E-state index is 12.8. The molecule has 3 rings (SSSR count). The Morgan fingerprint density at radius 2 is 1.68 bits per heavy atom. The largest absolute Gasteiger partial charge is 0.378 e. The highest BCUT2D eigenvalue weighted by atomic mass is 16.2. The van der Waals surface area contributed by atoms with Crippen LogP contribution in [0.3, 0.4) is 0 Å². The van der Waals surface area contributed by atoms with Crippen molar-refractivity contribution in [1.82, 2.24) is 9.88 Å². The highest BCUT2D eigenvalue weighted by molar-refractivity contribution is 5.94. The summed E-state index contributed by atoms with van der Waals surface area (Å²) in [5, 5.41) is 3.26. The van der Waals surface area contributed by atoms with E-state index in [4.69, 9.17) is 0 Å². The first-order valence-electron chi connectivity index (χ1n) is 9.40. The molecule has 0 bridgehead atoms. The molecule has 1 N–H and O–H groups in total. The van der Waals surface area contributed by atoms with E-state index in [-0.39, 0.29) is 5.91 Å². The molecule has 0 saturated carbocycles. The van der Waals surface area contributed by atoms with Gasteiger partial charge in [0, 0.05) is 44.8 Å². The molecule has 5 heteroatoms. The number of benzene rings is 2. The quantitative estimate of drug-likeness (QED) is 0.659. The van der Waals surface area contributed by atoms with Crippen LogP contribution < -0.4 is 10.2 Å². The van der Waals surface area contributed by atoms with E-state index in [1.807, 2.05) is 92.6 Å². The SMILES string of the molecule is CCN(Cc1ccccc1)C(=O)c1ccc(Nc2ccc(N(C)C)cc2)nc1. The van der Waals surface area contributed by atoms with Crippen LogP contribution in [0.5, 0.6) is 0 Å². The fourth-order valence-electron chi connectivity index (χ4n) is 2.90. The first-order chi connectivity index (χ1) is 13.6. The lowest BCUT2D eigenvalue weighted by molar-refractivity contribution is 0.0752. The van der Waals surface area contributed by atoms with E-state index in [0.717, 1.165) is 16.9 Å². The van der Waals surface area contributed by atoms with E-state index in [9.17, 15) is 4.79 Å². The average molecular weight is 374 g/mol. The lowest BCUT2D eigenvalue weighted by atomic mass is 10.2. The Labute approximate surface area is 166 Å². The Kier molecular flexibility index (Phi) is 6.27. The van der Waals surface area contributed by atoms with Gasteiger partial charge in [0.1, 0.15) is 5.82 Å². The van der Waals surface area contributed by atoms with Crippen LogP contribution >= 0.6 is 0 Å². The molecule has 0 aliphatic heterocycles. The molecule has 1 aromatic heterocycles. The van der Waals surface area contributed by atoms with Crippen molar-refractivity contribution in [2.45, 2.75) is 13.5 Å². The molecule has 2 aromatic carbocycles. The van der Waals surface area contributed by atoms with E-state index in [2.05, 4.69) is 15.2 Å². The summed E-state index contributed by atoms with van der Waals surface area (Å²) in [6.07, 6.45) is 1.63. The van der Waals surface area contributed by atoms with Crippen molar-refractivity contribution in [3.05, 3.63) is 84.1 Å². The first-order valence-corrected chi connectivity index (χ1v) is 9.40. The molecule has 0 radical (unpaired) electrons.